The zero-order valence-corrected chi connectivity index (χ0v) is 20.6. The van der Waals surface area contributed by atoms with E-state index >= 15 is 0 Å². The van der Waals surface area contributed by atoms with Gasteiger partial charge in [0.15, 0.2) is 9.84 Å². The highest BCUT2D eigenvalue weighted by Crippen LogP contribution is 2.24. The molecule has 6 nitrogen and oxygen atoms in total. The van der Waals surface area contributed by atoms with Gasteiger partial charge < -0.3 is 9.64 Å². The van der Waals surface area contributed by atoms with Gasteiger partial charge in [0.05, 0.1) is 34.8 Å². The van der Waals surface area contributed by atoms with Crippen LogP contribution in [0.25, 0.3) is 0 Å². The van der Waals surface area contributed by atoms with Crippen LogP contribution in [-0.4, -0.2) is 63.7 Å². The van der Waals surface area contributed by atoms with E-state index in [2.05, 4.69) is 18.7 Å². The summed E-state index contributed by atoms with van der Waals surface area (Å²) in [6.45, 7) is 10.0. The molecular weight excluding hydrogens is 446 g/mol. The summed E-state index contributed by atoms with van der Waals surface area (Å²) in [4.78, 5) is 2.56. The summed E-state index contributed by atoms with van der Waals surface area (Å²) in [7, 11) is -3.42. The average molecular weight is 478 g/mol. The first-order valence-corrected chi connectivity index (χ1v) is 13.1. The van der Waals surface area contributed by atoms with Crippen molar-refractivity contribution < 1.29 is 13.2 Å². The van der Waals surface area contributed by atoms with Crippen LogP contribution in [0.2, 0.25) is 5.02 Å². The molecule has 2 aromatic carbocycles. The number of halogens is 1. The van der Waals surface area contributed by atoms with Crippen LogP contribution in [0.1, 0.15) is 32.8 Å². The molecule has 0 radical (unpaired) electrons. The van der Waals surface area contributed by atoms with Crippen molar-refractivity contribution in [1.82, 2.24) is 4.90 Å². The van der Waals surface area contributed by atoms with E-state index < -0.39 is 9.84 Å². The van der Waals surface area contributed by atoms with Crippen molar-refractivity contribution in [2.24, 2.45) is 5.10 Å². The van der Waals surface area contributed by atoms with Crippen molar-refractivity contribution in [3.8, 4) is 0 Å². The van der Waals surface area contributed by atoms with Gasteiger partial charge in [-0.25, -0.2) is 8.42 Å². The van der Waals surface area contributed by atoms with Crippen molar-refractivity contribution in [2.45, 2.75) is 38.2 Å². The number of hydrazone groups is 1. The van der Waals surface area contributed by atoms with E-state index in [9.17, 15) is 8.42 Å². The van der Waals surface area contributed by atoms with Crippen molar-refractivity contribution in [3.05, 3.63) is 59.1 Å². The average Bonchev–Trinajstić information content (AvgIpc) is 3.27. The fourth-order valence-corrected chi connectivity index (χ4v) is 5.27. The summed E-state index contributed by atoms with van der Waals surface area (Å²) in [5.41, 5.74) is 2.91. The van der Waals surface area contributed by atoms with Crippen molar-refractivity contribution in [1.29, 1.82) is 0 Å². The lowest BCUT2D eigenvalue weighted by atomic mass is 10.1. The van der Waals surface area contributed by atoms with Crippen LogP contribution in [0.5, 0.6) is 0 Å². The number of nitrogens with zero attached hydrogens (tertiary/aromatic N) is 3. The summed E-state index contributed by atoms with van der Waals surface area (Å²) in [5, 5.41) is 7.29. The van der Waals surface area contributed by atoms with E-state index in [0.717, 1.165) is 49.6 Å². The van der Waals surface area contributed by atoms with Gasteiger partial charge in [0.1, 0.15) is 0 Å². The lowest BCUT2D eigenvalue weighted by molar-refractivity contribution is 0.0627. The van der Waals surface area contributed by atoms with Gasteiger partial charge in [-0.05, 0) is 62.0 Å². The number of sulfone groups is 1. The molecule has 1 aliphatic heterocycles. The number of anilines is 1. The van der Waals surface area contributed by atoms with E-state index in [1.165, 1.54) is 0 Å². The first kappa shape index (κ1) is 24.7. The van der Waals surface area contributed by atoms with Gasteiger partial charge in [-0.15, -0.1) is 0 Å². The fourth-order valence-electron chi connectivity index (χ4n) is 3.69. The number of likely N-dealkylation sites (N-methyl/N-ethyl adjacent to an activating group) is 1. The minimum absolute atomic E-state index is 0.0345. The molecule has 0 bridgehead atoms. The van der Waals surface area contributed by atoms with Crippen LogP contribution in [0.3, 0.4) is 0 Å². The molecule has 0 saturated heterocycles. The monoisotopic (exact) mass is 477 g/mol. The molecule has 3 rings (SSSR count). The highest BCUT2D eigenvalue weighted by molar-refractivity contribution is 7.91. The molecule has 2 aromatic rings. The first-order chi connectivity index (χ1) is 15.3. The van der Waals surface area contributed by atoms with Crippen molar-refractivity contribution in [3.63, 3.8) is 0 Å². The summed E-state index contributed by atoms with van der Waals surface area (Å²) in [5.74, 6) is -0.0345. The SMILES string of the molecule is CCN(CC)CCOC(C)CS(=O)(=O)c1ccc(N2CCC(c3ccc(Cl)cc3)=N2)cc1. The second-order valence-corrected chi connectivity index (χ2v) is 10.4. The standard InChI is InChI=1S/C24H32ClN3O3S/c1-4-27(5-2)16-17-31-19(3)18-32(29,30)23-12-10-22(11-13-23)28-15-14-24(26-28)20-6-8-21(25)9-7-20/h6-13,19H,4-5,14-18H2,1-3H3. The molecule has 1 heterocycles. The van der Waals surface area contributed by atoms with Crippen molar-refractivity contribution >= 4 is 32.8 Å². The van der Waals surface area contributed by atoms with Gasteiger partial charge in [0.2, 0.25) is 0 Å². The summed E-state index contributed by atoms with van der Waals surface area (Å²) >= 11 is 5.97. The minimum atomic E-state index is -3.42. The van der Waals surface area contributed by atoms with Gasteiger partial charge in [0.25, 0.3) is 0 Å². The van der Waals surface area contributed by atoms with Gasteiger partial charge in [0, 0.05) is 24.5 Å². The minimum Gasteiger partial charge on any atom is -0.376 e. The van der Waals surface area contributed by atoms with Crippen LogP contribution in [0, 0.1) is 0 Å². The van der Waals surface area contributed by atoms with E-state index in [1.54, 1.807) is 12.1 Å². The lowest BCUT2D eigenvalue weighted by Crippen LogP contribution is -2.30. The molecule has 0 fully saturated rings. The maximum absolute atomic E-state index is 12.8. The molecule has 1 aliphatic rings. The number of benzene rings is 2. The predicted molar refractivity (Wildman–Crippen MR) is 132 cm³/mol. The molecule has 8 heteroatoms. The number of rotatable bonds is 11. The summed E-state index contributed by atoms with van der Waals surface area (Å²) < 4.78 is 31.4. The molecule has 0 amide bonds. The third-order valence-electron chi connectivity index (χ3n) is 5.63. The Balaban J connectivity index is 1.59. The van der Waals surface area contributed by atoms with Crippen molar-refractivity contribution in [2.75, 3.05) is 43.5 Å². The van der Waals surface area contributed by atoms with Gasteiger partial charge >= 0.3 is 0 Å². The van der Waals surface area contributed by atoms with Gasteiger partial charge in [-0.1, -0.05) is 37.6 Å². The normalized spacial score (nSPS) is 15.3. The predicted octanol–water partition coefficient (Wildman–Crippen LogP) is 4.48. The number of ether oxygens (including phenoxy) is 1. The molecule has 0 aliphatic carbocycles. The number of hydrogen-bond donors (Lipinski definition) is 0. The molecule has 1 unspecified atom stereocenters. The first-order valence-electron chi connectivity index (χ1n) is 11.1. The van der Waals surface area contributed by atoms with Crippen LogP contribution in [-0.2, 0) is 14.6 Å². The fraction of sp³-hybridized carbons (Fsp3) is 0.458. The maximum Gasteiger partial charge on any atom is 0.180 e. The molecule has 174 valence electrons. The Hall–Kier alpha value is -1.93. The van der Waals surface area contributed by atoms with E-state index in [0.29, 0.717) is 16.5 Å². The Bertz CT molecular complexity index is 1000. The van der Waals surface area contributed by atoms with Gasteiger partial charge in [-0.2, -0.15) is 5.10 Å². The van der Waals surface area contributed by atoms with Crippen LogP contribution < -0.4 is 5.01 Å². The zero-order valence-electron chi connectivity index (χ0n) is 19.0. The zero-order chi connectivity index (χ0) is 23.1. The summed E-state index contributed by atoms with van der Waals surface area (Å²) in [6, 6.07) is 14.6. The largest absolute Gasteiger partial charge is 0.376 e. The molecular formula is C24H32ClN3O3S. The van der Waals surface area contributed by atoms with E-state index in [-0.39, 0.29) is 11.9 Å². The number of hydrogen-bond acceptors (Lipinski definition) is 6. The second-order valence-electron chi connectivity index (χ2n) is 7.91. The molecule has 0 aromatic heterocycles. The van der Waals surface area contributed by atoms with E-state index in [4.69, 9.17) is 21.4 Å². The Morgan fingerprint density at radius 1 is 1.09 bits per heavy atom. The van der Waals surface area contributed by atoms with Crippen LogP contribution in [0.15, 0.2) is 58.5 Å². The quantitative estimate of drug-likeness (QED) is 0.477. The Labute approximate surface area is 196 Å². The maximum atomic E-state index is 12.8. The molecule has 32 heavy (non-hydrogen) atoms. The molecule has 0 N–H and O–H groups in total. The Morgan fingerprint density at radius 2 is 1.75 bits per heavy atom. The van der Waals surface area contributed by atoms with Gasteiger partial charge in [-0.3, -0.25) is 5.01 Å². The smallest absolute Gasteiger partial charge is 0.180 e. The lowest BCUT2D eigenvalue weighted by Gasteiger charge is -2.20. The highest BCUT2D eigenvalue weighted by atomic mass is 35.5. The van der Waals surface area contributed by atoms with Crippen LogP contribution >= 0.6 is 11.6 Å². The summed E-state index contributed by atoms with van der Waals surface area (Å²) in [6.07, 6.45) is 0.463. The molecule has 0 saturated carbocycles. The van der Waals surface area contributed by atoms with E-state index in [1.807, 2.05) is 48.3 Å². The molecule has 1 atom stereocenters. The second kappa shape index (κ2) is 11.3. The topological polar surface area (TPSA) is 62.2 Å². The van der Waals surface area contributed by atoms with Crippen LogP contribution in [0.4, 0.5) is 5.69 Å². The Kier molecular flexibility index (Phi) is 8.71. The Morgan fingerprint density at radius 3 is 2.38 bits per heavy atom. The third kappa shape index (κ3) is 6.54. The highest BCUT2D eigenvalue weighted by Gasteiger charge is 2.21. The third-order valence-corrected chi connectivity index (χ3v) is 7.78. The molecule has 0 spiro atoms.